The van der Waals surface area contributed by atoms with Gasteiger partial charge >= 0.3 is 0 Å². The molecule has 1 aromatic heterocycles. The Balaban J connectivity index is 1.96. The molecule has 74 valence electrons. The summed E-state index contributed by atoms with van der Waals surface area (Å²) < 4.78 is 0. The Kier molecular flexibility index (Phi) is 3.41. The third-order valence-electron chi connectivity index (χ3n) is 1.78. The van der Waals surface area contributed by atoms with Crippen LogP contribution in [0.15, 0.2) is 53.0 Å². The summed E-state index contributed by atoms with van der Waals surface area (Å²) in [5.74, 6) is 0. The first-order valence-corrected chi connectivity index (χ1v) is 5.48. The molecule has 0 amide bonds. The molecule has 0 saturated carbocycles. The zero-order chi connectivity index (χ0) is 10.3. The predicted octanol–water partition coefficient (Wildman–Crippen LogP) is 3.56. The Labute approximate surface area is 92.6 Å². The van der Waals surface area contributed by atoms with E-state index >= 15 is 0 Å². The van der Waals surface area contributed by atoms with Crippen LogP contribution in [0.5, 0.6) is 0 Å². The van der Waals surface area contributed by atoms with Gasteiger partial charge in [-0.15, -0.1) is 11.3 Å². The second-order valence-corrected chi connectivity index (χ2v) is 3.74. The van der Waals surface area contributed by atoms with Crippen LogP contribution in [-0.4, -0.2) is 11.2 Å². The van der Waals surface area contributed by atoms with Gasteiger partial charge in [0.25, 0.3) is 0 Å². The van der Waals surface area contributed by atoms with Crippen molar-refractivity contribution >= 4 is 28.8 Å². The third kappa shape index (κ3) is 3.14. The third-order valence-corrected chi connectivity index (χ3v) is 2.46. The van der Waals surface area contributed by atoms with E-state index in [0.717, 1.165) is 5.13 Å². The number of hydrogen-bond donors (Lipinski definition) is 0. The zero-order valence-electron chi connectivity index (χ0n) is 8.08. The molecular formula is C12H10N2S. The number of hydrogen-bond acceptors (Lipinski definition) is 3. The standard InChI is InChI=1S/C12H10N2S/c1-2-5-11(6-3-1)7-4-8-13-12-14-9-10-15-12/h1-10H/b7-4-,13-8-. The highest BCUT2D eigenvalue weighted by Crippen LogP contribution is 2.13. The number of rotatable bonds is 3. The van der Waals surface area contributed by atoms with Gasteiger partial charge in [-0.2, -0.15) is 0 Å². The van der Waals surface area contributed by atoms with Crippen molar-refractivity contribution in [1.82, 2.24) is 4.98 Å². The molecule has 0 aliphatic carbocycles. The number of thiazole rings is 1. The van der Waals surface area contributed by atoms with Crippen molar-refractivity contribution < 1.29 is 0 Å². The lowest BCUT2D eigenvalue weighted by molar-refractivity contribution is 1.37. The van der Waals surface area contributed by atoms with Gasteiger partial charge in [0.2, 0.25) is 5.13 Å². The van der Waals surface area contributed by atoms with Gasteiger partial charge < -0.3 is 0 Å². The van der Waals surface area contributed by atoms with Crippen molar-refractivity contribution in [3.8, 4) is 0 Å². The van der Waals surface area contributed by atoms with Crippen molar-refractivity contribution in [1.29, 1.82) is 0 Å². The quantitative estimate of drug-likeness (QED) is 0.717. The normalized spacial score (nSPS) is 11.5. The summed E-state index contributed by atoms with van der Waals surface area (Å²) in [5.41, 5.74) is 1.17. The molecule has 15 heavy (non-hydrogen) atoms. The van der Waals surface area contributed by atoms with Crippen LogP contribution in [0.4, 0.5) is 5.13 Å². The fourth-order valence-electron chi connectivity index (χ4n) is 1.10. The van der Waals surface area contributed by atoms with Crippen LogP contribution in [0, 0.1) is 0 Å². The van der Waals surface area contributed by atoms with E-state index in [-0.39, 0.29) is 0 Å². The van der Waals surface area contributed by atoms with Gasteiger partial charge in [0.1, 0.15) is 0 Å². The Morgan fingerprint density at radius 1 is 1.20 bits per heavy atom. The summed E-state index contributed by atoms with van der Waals surface area (Å²) in [7, 11) is 0. The van der Waals surface area contributed by atoms with E-state index in [1.54, 1.807) is 12.4 Å². The van der Waals surface area contributed by atoms with Gasteiger partial charge in [-0.3, -0.25) is 0 Å². The molecule has 2 rings (SSSR count). The van der Waals surface area contributed by atoms with Crippen LogP contribution < -0.4 is 0 Å². The monoisotopic (exact) mass is 214 g/mol. The molecule has 0 aliphatic heterocycles. The molecule has 1 heterocycles. The van der Waals surface area contributed by atoms with E-state index in [0.29, 0.717) is 0 Å². The molecular weight excluding hydrogens is 204 g/mol. The topological polar surface area (TPSA) is 25.2 Å². The van der Waals surface area contributed by atoms with Crippen molar-refractivity contribution in [3.63, 3.8) is 0 Å². The number of aromatic nitrogens is 1. The summed E-state index contributed by atoms with van der Waals surface area (Å²) in [6, 6.07) is 10.1. The van der Waals surface area contributed by atoms with Crippen molar-refractivity contribution in [2.45, 2.75) is 0 Å². The first-order valence-electron chi connectivity index (χ1n) is 4.60. The van der Waals surface area contributed by atoms with Gasteiger partial charge in [0, 0.05) is 17.8 Å². The minimum Gasteiger partial charge on any atom is -0.228 e. The minimum absolute atomic E-state index is 0.785. The molecule has 0 radical (unpaired) electrons. The molecule has 0 saturated heterocycles. The van der Waals surface area contributed by atoms with Gasteiger partial charge in [-0.1, -0.05) is 36.4 Å². The second kappa shape index (κ2) is 5.22. The first-order chi connectivity index (χ1) is 7.45. The van der Waals surface area contributed by atoms with Crippen molar-refractivity contribution in [2.75, 3.05) is 0 Å². The molecule has 3 heteroatoms. The summed E-state index contributed by atoms with van der Waals surface area (Å²) in [5, 5.41) is 2.70. The van der Waals surface area contributed by atoms with E-state index in [1.807, 2.05) is 47.9 Å². The maximum atomic E-state index is 4.18. The van der Waals surface area contributed by atoms with Crippen LogP contribution in [-0.2, 0) is 0 Å². The van der Waals surface area contributed by atoms with Crippen molar-refractivity contribution in [2.24, 2.45) is 4.99 Å². The van der Waals surface area contributed by atoms with E-state index in [2.05, 4.69) is 9.98 Å². The number of allylic oxidation sites excluding steroid dienone is 1. The molecule has 0 N–H and O–H groups in total. The average molecular weight is 214 g/mol. The van der Waals surface area contributed by atoms with Crippen LogP contribution >= 0.6 is 11.3 Å². The van der Waals surface area contributed by atoms with E-state index in [4.69, 9.17) is 0 Å². The van der Waals surface area contributed by atoms with Gasteiger partial charge in [0.05, 0.1) is 0 Å². The fourth-order valence-corrected chi connectivity index (χ4v) is 1.59. The van der Waals surface area contributed by atoms with E-state index in [9.17, 15) is 0 Å². The van der Waals surface area contributed by atoms with Crippen LogP contribution in [0.25, 0.3) is 6.08 Å². The van der Waals surface area contributed by atoms with Gasteiger partial charge in [-0.05, 0) is 11.6 Å². The lowest BCUT2D eigenvalue weighted by Crippen LogP contribution is -1.69. The summed E-state index contributed by atoms with van der Waals surface area (Å²) >= 11 is 1.53. The highest BCUT2D eigenvalue weighted by atomic mass is 32.1. The summed E-state index contributed by atoms with van der Waals surface area (Å²) in [4.78, 5) is 8.22. The maximum Gasteiger partial charge on any atom is 0.208 e. The van der Waals surface area contributed by atoms with Crippen LogP contribution in [0.3, 0.4) is 0 Å². The zero-order valence-corrected chi connectivity index (χ0v) is 8.89. The molecule has 2 aromatic rings. The molecule has 0 atom stereocenters. The van der Waals surface area contributed by atoms with Gasteiger partial charge in [-0.25, -0.2) is 9.98 Å². The van der Waals surface area contributed by atoms with E-state index < -0.39 is 0 Å². The van der Waals surface area contributed by atoms with Crippen molar-refractivity contribution in [3.05, 3.63) is 53.5 Å². The Hall–Kier alpha value is -1.74. The minimum atomic E-state index is 0.785. The molecule has 1 aromatic carbocycles. The van der Waals surface area contributed by atoms with E-state index in [1.165, 1.54) is 16.9 Å². The summed E-state index contributed by atoms with van der Waals surface area (Å²) in [6.45, 7) is 0. The van der Waals surface area contributed by atoms with Crippen LogP contribution in [0.2, 0.25) is 0 Å². The number of nitrogens with zero attached hydrogens (tertiary/aromatic N) is 2. The first kappa shape index (κ1) is 9.80. The predicted molar refractivity (Wildman–Crippen MR) is 65.7 cm³/mol. The average Bonchev–Trinajstić information content (AvgIpc) is 2.79. The number of benzene rings is 1. The molecule has 0 spiro atoms. The molecule has 0 bridgehead atoms. The fraction of sp³-hybridized carbons (Fsp3) is 0. The smallest absolute Gasteiger partial charge is 0.208 e. The SMILES string of the molecule is C(=C/c1ccccc1)/C=N\c1nccs1. The molecule has 0 aliphatic rings. The number of aliphatic imine (C=N–C) groups is 1. The maximum absolute atomic E-state index is 4.18. The van der Waals surface area contributed by atoms with Crippen LogP contribution in [0.1, 0.15) is 5.56 Å². The molecule has 0 fully saturated rings. The Morgan fingerprint density at radius 2 is 2.07 bits per heavy atom. The second-order valence-electron chi connectivity index (χ2n) is 2.86. The van der Waals surface area contributed by atoms with Gasteiger partial charge in [0.15, 0.2) is 0 Å². The summed E-state index contributed by atoms with van der Waals surface area (Å²) in [6.07, 6.45) is 7.43. The molecule has 2 nitrogen and oxygen atoms in total. The Bertz CT molecular complexity index is 444. The highest BCUT2D eigenvalue weighted by Gasteiger charge is 1.85. The lowest BCUT2D eigenvalue weighted by atomic mass is 10.2. The lowest BCUT2D eigenvalue weighted by Gasteiger charge is -1.87. The highest BCUT2D eigenvalue weighted by molar-refractivity contribution is 7.13. The largest absolute Gasteiger partial charge is 0.228 e. The Morgan fingerprint density at radius 3 is 2.80 bits per heavy atom. The molecule has 0 unspecified atom stereocenters.